The Kier molecular flexibility index (Phi) is 6.03. The monoisotopic (exact) mass is 450 g/mol. The third-order valence-electron chi connectivity index (χ3n) is 4.80. The lowest BCUT2D eigenvalue weighted by Gasteiger charge is -2.34. The lowest BCUT2D eigenvalue weighted by molar-refractivity contribution is 0.0698. The molecule has 27 heavy (non-hydrogen) atoms. The lowest BCUT2D eigenvalue weighted by Crippen LogP contribution is -2.50. The fourth-order valence-corrected chi connectivity index (χ4v) is 4.77. The number of carbonyl (C=O) groups is 1. The Balaban J connectivity index is 1.67. The summed E-state index contributed by atoms with van der Waals surface area (Å²) in [6.45, 7) is 5.53. The van der Waals surface area contributed by atoms with Crippen molar-refractivity contribution in [3.8, 4) is 0 Å². The zero-order chi connectivity index (χ0) is 19.6. The van der Waals surface area contributed by atoms with Crippen LogP contribution in [0.2, 0.25) is 0 Å². The summed E-state index contributed by atoms with van der Waals surface area (Å²) in [7, 11) is -3.53. The first kappa shape index (κ1) is 20.0. The molecule has 1 heterocycles. The Hall–Kier alpha value is -1.70. The fourth-order valence-electron chi connectivity index (χ4n) is 3.08. The third-order valence-corrected chi connectivity index (χ3v) is 7.24. The molecule has 2 aromatic rings. The van der Waals surface area contributed by atoms with E-state index >= 15 is 0 Å². The highest BCUT2D eigenvalue weighted by molar-refractivity contribution is 9.10. The van der Waals surface area contributed by atoms with Crippen molar-refractivity contribution in [1.82, 2.24) is 9.21 Å². The molecule has 1 fully saturated rings. The van der Waals surface area contributed by atoms with Crippen LogP contribution in [0.15, 0.2) is 57.9 Å². The average Bonchev–Trinajstić information content (AvgIpc) is 2.68. The predicted octanol–water partition coefficient (Wildman–Crippen LogP) is 3.72. The van der Waals surface area contributed by atoms with Gasteiger partial charge in [0.25, 0.3) is 5.91 Å². The molecule has 0 aromatic heterocycles. The zero-order valence-electron chi connectivity index (χ0n) is 15.4. The Morgan fingerprint density at radius 2 is 1.48 bits per heavy atom. The van der Waals surface area contributed by atoms with Crippen molar-refractivity contribution in [2.24, 2.45) is 0 Å². The van der Waals surface area contributed by atoms with Crippen LogP contribution in [0.3, 0.4) is 0 Å². The van der Waals surface area contributed by atoms with Gasteiger partial charge in [-0.2, -0.15) is 4.31 Å². The van der Waals surface area contributed by atoms with E-state index in [-0.39, 0.29) is 5.91 Å². The molecule has 0 atom stereocenters. The SMILES string of the molecule is CC(C)c1ccc(S(=O)(=O)N2CCN(C(=O)c3ccc(Br)cc3)CC2)cc1. The van der Waals surface area contributed by atoms with Gasteiger partial charge in [0.15, 0.2) is 0 Å². The molecule has 2 aromatic carbocycles. The summed E-state index contributed by atoms with van der Waals surface area (Å²) in [6, 6.07) is 14.3. The first-order chi connectivity index (χ1) is 12.8. The normalized spacial score (nSPS) is 15.9. The summed E-state index contributed by atoms with van der Waals surface area (Å²) in [6.07, 6.45) is 0. The van der Waals surface area contributed by atoms with Gasteiger partial charge in [0.05, 0.1) is 4.90 Å². The molecule has 1 aliphatic rings. The fraction of sp³-hybridized carbons (Fsp3) is 0.350. The molecule has 0 unspecified atom stereocenters. The molecule has 0 spiro atoms. The second-order valence-electron chi connectivity index (χ2n) is 6.93. The number of amides is 1. The first-order valence-corrected chi connectivity index (χ1v) is 11.2. The van der Waals surface area contributed by atoms with Crippen molar-refractivity contribution in [1.29, 1.82) is 0 Å². The summed E-state index contributed by atoms with van der Waals surface area (Å²) in [5.74, 6) is 0.288. The second kappa shape index (κ2) is 8.12. The van der Waals surface area contributed by atoms with Crippen molar-refractivity contribution in [2.45, 2.75) is 24.7 Å². The van der Waals surface area contributed by atoms with E-state index in [0.29, 0.717) is 42.6 Å². The predicted molar refractivity (Wildman–Crippen MR) is 109 cm³/mol. The van der Waals surface area contributed by atoms with E-state index in [9.17, 15) is 13.2 Å². The Morgan fingerprint density at radius 1 is 0.926 bits per heavy atom. The molecule has 3 rings (SSSR count). The largest absolute Gasteiger partial charge is 0.336 e. The highest BCUT2D eigenvalue weighted by Crippen LogP contribution is 2.22. The van der Waals surface area contributed by atoms with Crippen LogP contribution in [0.4, 0.5) is 0 Å². The minimum Gasteiger partial charge on any atom is -0.336 e. The number of rotatable bonds is 4. The first-order valence-electron chi connectivity index (χ1n) is 8.94. The molecule has 0 radical (unpaired) electrons. The van der Waals surface area contributed by atoms with Crippen LogP contribution in [0.1, 0.15) is 35.7 Å². The minimum absolute atomic E-state index is 0.0687. The number of hydrogen-bond acceptors (Lipinski definition) is 3. The summed E-state index contributed by atoms with van der Waals surface area (Å²) in [4.78, 5) is 14.6. The summed E-state index contributed by atoms with van der Waals surface area (Å²) >= 11 is 3.36. The Bertz CT molecular complexity index is 901. The number of piperazine rings is 1. The van der Waals surface area contributed by atoms with Gasteiger partial charge in [-0.3, -0.25) is 4.79 Å². The molecular formula is C20H23BrN2O3S. The standard InChI is InChI=1S/C20H23BrN2O3S/c1-15(2)16-5-9-19(10-6-16)27(25,26)23-13-11-22(12-14-23)20(24)17-3-7-18(21)8-4-17/h3-10,15H,11-14H2,1-2H3. The van der Waals surface area contributed by atoms with Crippen LogP contribution < -0.4 is 0 Å². The molecule has 1 amide bonds. The van der Waals surface area contributed by atoms with E-state index in [1.54, 1.807) is 29.2 Å². The second-order valence-corrected chi connectivity index (χ2v) is 9.78. The Morgan fingerprint density at radius 3 is 2.00 bits per heavy atom. The lowest BCUT2D eigenvalue weighted by atomic mass is 10.0. The number of sulfonamides is 1. The number of nitrogens with zero attached hydrogens (tertiary/aromatic N) is 2. The van der Waals surface area contributed by atoms with Crippen LogP contribution >= 0.6 is 15.9 Å². The van der Waals surface area contributed by atoms with Crippen LogP contribution in [-0.2, 0) is 10.0 Å². The van der Waals surface area contributed by atoms with Gasteiger partial charge in [-0.05, 0) is 47.9 Å². The number of benzene rings is 2. The maximum absolute atomic E-state index is 12.9. The zero-order valence-corrected chi connectivity index (χ0v) is 17.8. The maximum atomic E-state index is 12.9. The van der Waals surface area contributed by atoms with Crippen LogP contribution in [0, 0.1) is 0 Å². The molecule has 0 aliphatic carbocycles. The minimum atomic E-state index is -3.53. The average molecular weight is 451 g/mol. The number of halogens is 1. The molecule has 5 nitrogen and oxygen atoms in total. The van der Waals surface area contributed by atoms with Gasteiger partial charge >= 0.3 is 0 Å². The molecule has 0 N–H and O–H groups in total. The summed E-state index contributed by atoms with van der Waals surface area (Å²) in [5, 5.41) is 0. The highest BCUT2D eigenvalue weighted by Gasteiger charge is 2.30. The van der Waals surface area contributed by atoms with Gasteiger partial charge in [0.2, 0.25) is 10.0 Å². The van der Waals surface area contributed by atoms with Crippen molar-refractivity contribution in [3.63, 3.8) is 0 Å². The van der Waals surface area contributed by atoms with Gasteiger partial charge in [0.1, 0.15) is 0 Å². The van der Waals surface area contributed by atoms with Gasteiger partial charge in [-0.15, -0.1) is 0 Å². The van der Waals surface area contributed by atoms with Crippen LogP contribution in [0.5, 0.6) is 0 Å². The molecule has 1 saturated heterocycles. The molecule has 1 aliphatic heterocycles. The molecule has 7 heteroatoms. The van der Waals surface area contributed by atoms with E-state index in [1.807, 2.05) is 24.3 Å². The van der Waals surface area contributed by atoms with Crippen molar-refractivity contribution < 1.29 is 13.2 Å². The van der Waals surface area contributed by atoms with E-state index < -0.39 is 10.0 Å². The van der Waals surface area contributed by atoms with Crippen LogP contribution in [-0.4, -0.2) is 49.7 Å². The Labute approximate surface area is 169 Å². The number of carbonyl (C=O) groups excluding carboxylic acids is 1. The van der Waals surface area contributed by atoms with E-state index in [1.165, 1.54) is 4.31 Å². The topological polar surface area (TPSA) is 57.7 Å². The van der Waals surface area contributed by atoms with Gasteiger partial charge < -0.3 is 4.90 Å². The summed E-state index contributed by atoms with van der Waals surface area (Å²) < 4.78 is 28.1. The molecule has 0 saturated carbocycles. The van der Waals surface area contributed by atoms with E-state index in [4.69, 9.17) is 0 Å². The smallest absolute Gasteiger partial charge is 0.253 e. The van der Waals surface area contributed by atoms with Crippen molar-refractivity contribution >= 4 is 31.9 Å². The molecule has 0 bridgehead atoms. The van der Waals surface area contributed by atoms with Gasteiger partial charge in [-0.1, -0.05) is 41.9 Å². The summed E-state index contributed by atoms with van der Waals surface area (Å²) in [5.41, 5.74) is 1.72. The highest BCUT2D eigenvalue weighted by atomic mass is 79.9. The van der Waals surface area contributed by atoms with Crippen molar-refractivity contribution in [2.75, 3.05) is 26.2 Å². The molecule has 144 valence electrons. The van der Waals surface area contributed by atoms with E-state index in [2.05, 4.69) is 29.8 Å². The van der Waals surface area contributed by atoms with Crippen molar-refractivity contribution in [3.05, 3.63) is 64.1 Å². The third kappa shape index (κ3) is 4.42. The maximum Gasteiger partial charge on any atom is 0.253 e. The quantitative estimate of drug-likeness (QED) is 0.712. The molecular weight excluding hydrogens is 428 g/mol. The van der Waals surface area contributed by atoms with E-state index in [0.717, 1.165) is 10.0 Å². The van der Waals surface area contributed by atoms with Crippen LogP contribution in [0.25, 0.3) is 0 Å². The van der Waals surface area contributed by atoms with Gasteiger partial charge in [-0.25, -0.2) is 8.42 Å². The van der Waals surface area contributed by atoms with Gasteiger partial charge in [0, 0.05) is 36.2 Å². The number of hydrogen-bond donors (Lipinski definition) is 0.